The molecule has 3 aromatic carbocycles. The Balaban J connectivity index is 1.49. The van der Waals surface area contributed by atoms with E-state index in [2.05, 4.69) is 0 Å². The van der Waals surface area contributed by atoms with E-state index in [1.807, 2.05) is 63.2 Å². The van der Waals surface area contributed by atoms with E-state index in [1.54, 1.807) is 30.2 Å². The number of fused-ring (bicyclic) bond motifs is 1. The van der Waals surface area contributed by atoms with Crippen molar-refractivity contribution in [3.63, 3.8) is 0 Å². The van der Waals surface area contributed by atoms with Crippen molar-refractivity contribution in [3.05, 3.63) is 81.7 Å². The molecule has 0 N–H and O–H groups in total. The molecule has 1 aromatic heterocycles. The zero-order chi connectivity index (χ0) is 34.9. The molecule has 1 atom stereocenters. The summed E-state index contributed by atoms with van der Waals surface area (Å²) in [5.41, 5.74) is 1.88. The third kappa shape index (κ3) is 7.75. The fourth-order valence-corrected chi connectivity index (χ4v) is 8.10. The van der Waals surface area contributed by atoms with Gasteiger partial charge < -0.3 is 23.8 Å². The summed E-state index contributed by atoms with van der Waals surface area (Å²) >= 11 is 6.35. The number of methoxy groups -OCH3 is 1. The summed E-state index contributed by atoms with van der Waals surface area (Å²) in [6.45, 7) is 5.60. The Hall–Kier alpha value is -3.38. The maximum Gasteiger partial charge on any atom is 0.410 e. The minimum atomic E-state index is -1.11. The van der Waals surface area contributed by atoms with E-state index in [1.165, 1.54) is 0 Å². The average Bonchev–Trinajstić information content (AvgIpc) is 3.42. The molecule has 1 saturated carbocycles. The lowest BCUT2D eigenvalue weighted by Crippen LogP contribution is -2.47. The normalized spacial score (nSPS) is 17.2. The molecule has 2 amide bonds. The molecule has 0 spiro atoms. The number of nitrogens with zero attached hydrogens (tertiary/aromatic N) is 2. The van der Waals surface area contributed by atoms with E-state index in [9.17, 15) is 22.9 Å². The molecule has 0 saturated heterocycles. The Kier molecular flexibility index (Phi) is 10.9. The van der Waals surface area contributed by atoms with Gasteiger partial charge in [-0.05, 0) is 117 Å². The van der Waals surface area contributed by atoms with Crippen LogP contribution >= 0.6 is 22.9 Å². The van der Waals surface area contributed by atoms with Crippen LogP contribution in [0.2, 0.25) is 5.02 Å². The van der Waals surface area contributed by atoms with E-state index in [0.717, 1.165) is 40.2 Å². The predicted octanol–water partition coefficient (Wildman–Crippen LogP) is 9.07. The Morgan fingerprint density at radius 2 is 1.58 bits per heavy atom. The first kappa shape index (κ1) is 35.9. The molecule has 1 aliphatic rings. The molecule has 5 rings (SSSR count). The van der Waals surface area contributed by atoms with Crippen molar-refractivity contribution in [3.8, 4) is 16.9 Å². The minimum Gasteiger partial charge on any atom is -0.612 e. The molecule has 1 unspecified atom stereocenters. The van der Waals surface area contributed by atoms with Gasteiger partial charge in [0.25, 0.3) is 5.91 Å². The Bertz CT molecular complexity index is 1800. The Labute approximate surface area is 291 Å². The fourth-order valence-electron chi connectivity index (χ4n) is 6.08. The van der Waals surface area contributed by atoms with Crippen LogP contribution in [0.5, 0.6) is 5.75 Å². The number of benzene rings is 3. The molecule has 0 bridgehead atoms. The van der Waals surface area contributed by atoms with Gasteiger partial charge in [-0.25, -0.2) is 13.6 Å². The lowest BCUT2D eigenvalue weighted by Gasteiger charge is -2.40. The SMILES string of the molecule is COc1ccc(-c2ccc([S+](C)[O-])cc2)cc1CN(C(=O)c1sc2c(F)ccc(F)c2c1Cl)[C@H]1CC[C@H](N(C)C(=O)OC(C)(C)C)CC1. The lowest BCUT2D eigenvalue weighted by atomic mass is 9.89. The molecular weight excluding hydrogens is 678 g/mol. The zero-order valence-corrected chi connectivity index (χ0v) is 30.2. The van der Waals surface area contributed by atoms with Crippen LogP contribution in [-0.2, 0) is 22.5 Å². The second-order valence-corrected chi connectivity index (χ2v) is 15.7. The summed E-state index contributed by atoms with van der Waals surface area (Å²) in [6, 6.07) is 14.8. The van der Waals surface area contributed by atoms with Gasteiger partial charge in [0.2, 0.25) is 0 Å². The first-order valence-electron chi connectivity index (χ1n) is 15.6. The van der Waals surface area contributed by atoms with Crippen LogP contribution in [0.4, 0.5) is 13.6 Å². The third-order valence-corrected chi connectivity index (χ3v) is 11.2. The van der Waals surface area contributed by atoms with Gasteiger partial charge in [-0.3, -0.25) is 4.79 Å². The number of carbonyl (C=O) groups is 2. The maximum atomic E-state index is 14.8. The summed E-state index contributed by atoms with van der Waals surface area (Å²) in [5, 5.41) is -0.224. The quantitative estimate of drug-likeness (QED) is 0.170. The van der Waals surface area contributed by atoms with Gasteiger partial charge in [-0.1, -0.05) is 17.7 Å². The maximum absolute atomic E-state index is 14.8. The predicted molar refractivity (Wildman–Crippen MR) is 187 cm³/mol. The number of amides is 2. The van der Waals surface area contributed by atoms with Crippen LogP contribution in [0.15, 0.2) is 59.5 Å². The van der Waals surface area contributed by atoms with Crippen molar-refractivity contribution in [1.29, 1.82) is 0 Å². The molecule has 1 heterocycles. The van der Waals surface area contributed by atoms with Crippen LogP contribution in [0, 0.1) is 11.6 Å². The summed E-state index contributed by atoms with van der Waals surface area (Å²) in [6.07, 6.45) is 3.62. The van der Waals surface area contributed by atoms with Crippen LogP contribution in [0.25, 0.3) is 21.2 Å². The molecular formula is C36H39ClF2N2O5S2. The Morgan fingerprint density at radius 1 is 0.979 bits per heavy atom. The second-order valence-electron chi connectivity index (χ2n) is 13.0. The van der Waals surface area contributed by atoms with Gasteiger partial charge in [0.1, 0.15) is 34.1 Å². The van der Waals surface area contributed by atoms with Crippen molar-refractivity contribution >= 4 is 56.2 Å². The number of rotatable bonds is 8. The highest BCUT2D eigenvalue weighted by atomic mass is 35.5. The molecule has 4 aromatic rings. The second kappa shape index (κ2) is 14.6. The molecule has 1 aliphatic carbocycles. The van der Waals surface area contributed by atoms with Crippen molar-refractivity contribution < 1.29 is 32.4 Å². The average molecular weight is 717 g/mol. The van der Waals surface area contributed by atoms with Gasteiger partial charge in [-0.2, -0.15) is 0 Å². The third-order valence-electron chi connectivity index (χ3n) is 8.61. The topological polar surface area (TPSA) is 82.1 Å². The van der Waals surface area contributed by atoms with Crippen molar-refractivity contribution in [2.24, 2.45) is 0 Å². The van der Waals surface area contributed by atoms with E-state index >= 15 is 0 Å². The number of halogens is 3. The minimum absolute atomic E-state index is 0.0120. The Morgan fingerprint density at radius 3 is 2.17 bits per heavy atom. The standard InChI is InChI=1S/C36H39ClF2N2O5S2/c1-36(2,3)46-35(43)40(4)24-10-12-25(13-11-24)41(34(42)33-31(37)30-27(38)16-17-28(39)32(30)47-33)20-23-19-22(9-18-29(23)45-5)21-7-14-26(15-8-21)48(6)44/h7-9,14-19,24-25H,10-13,20H2,1-6H3/t24-,25-,48?. The number of hydrogen-bond acceptors (Lipinski definition) is 6. The summed E-state index contributed by atoms with van der Waals surface area (Å²) in [5.74, 6) is -1.22. The molecule has 12 heteroatoms. The highest BCUT2D eigenvalue weighted by Crippen LogP contribution is 2.41. The molecule has 0 radical (unpaired) electrons. The van der Waals surface area contributed by atoms with Crippen LogP contribution in [-0.4, -0.2) is 64.5 Å². The summed E-state index contributed by atoms with van der Waals surface area (Å²) in [4.78, 5) is 31.3. The molecule has 0 aliphatic heterocycles. The van der Waals surface area contributed by atoms with E-state index in [0.29, 0.717) is 36.3 Å². The van der Waals surface area contributed by atoms with Crippen LogP contribution < -0.4 is 4.74 Å². The molecule has 48 heavy (non-hydrogen) atoms. The van der Waals surface area contributed by atoms with Crippen molar-refractivity contribution in [2.75, 3.05) is 20.4 Å². The van der Waals surface area contributed by atoms with E-state index in [-0.39, 0.29) is 38.6 Å². The largest absolute Gasteiger partial charge is 0.612 e. The zero-order valence-electron chi connectivity index (χ0n) is 27.8. The highest BCUT2D eigenvalue weighted by molar-refractivity contribution is 7.90. The first-order chi connectivity index (χ1) is 22.7. The fraction of sp³-hybridized carbons (Fsp3) is 0.389. The van der Waals surface area contributed by atoms with Gasteiger partial charge >= 0.3 is 6.09 Å². The van der Waals surface area contributed by atoms with Crippen molar-refractivity contribution in [1.82, 2.24) is 9.80 Å². The number of hydrogen-bond donors (Lipinski definition) is 0. The lowest BCUT2D eigenvalue weighted by molar-refractivity contribution is 0.0144. The van der Waals surface area contributed by atoms with Crippen molar-refractivity contribution in [2.45, 2.75) is 75.6 Å². The monoisotopic (exact) mass is 716 g/mol. The molecule has 1 fully saturated rings. The van der Waals surface area contributed by atoms with Gasteiger partial charge in [-0.15, -0.1) is 11.3 Å². The number of ether oxygens (including phenoxy) is 2. The van der Waals surface area contributed by atoms with E-state index in [4.69, 9.17) is 21.1 Å². The number of carbonyl (C=O) groups excluding carboxylic acids is 2. The molecule has 256 valence electrons. The van der Waals surface area contributed by atoms with Gasteiger partial charge in [0, 0.05) is 31.2 Å². The highest BCUT2D eigenvalue weighted by Gasteiger charge is 2.35. The van der Waals surface area contributed by atoms with Gasteiger partial charge in [0.05, 0.1) is 22.2 Å². The smallest absolute Gasteiger partial charge is 0.410 e. The number of thiophene rings is 1. The molecule has 7 nitrogen and oxygen atoms in total. The van der Waals surface area contributed by atoms with Crippen LogP contribution in [0.1, 0.15) is 61.7 Å². The summed E-state index contributed by atoms with van der Waals surface area (Å²) < 4.78 is 52.8. The van der Waals surface area contributed by atoms with Crippen LogP contribution in [0.3, 0.4) is 0 Å². The first-order valence-corrected chi connectivity index (χ1v) is 18.4. The van der Waals surface area contributed by atoms with Gasteiger partial charge in [0.15, 0.2) is 4.90 Å². The van der Waals surface area contributed by atoms with E-state index < -0.39 is 40.4 Å². The summed E-state index contributed by atoms with van der Waals surface area (Å²) in [7, 11) is 3.28.